The molecule has 4 unspecified atom stereocenters. The molecule has 1 aromatic rings. The van der Waals surface area contributed by atoms with E-state index in [1.165, 1.54) is 12.5 Å². The molecule has 1 aliphatic carbocycles. The summed E-state index contributed by atoms with van der Waals surface area (Å²) in [6.45, 7) is 9.35. The molecule has 1 aliphatic rings. The molecular weight excluding hydrogens is 253 g/mol. The zero-order valence-electron chi connectivity index (χ0n) is 12.9. The van der Waals surface area contributed by atoms with E-state index in [1.54, 1.807) is 13.0 Å². The number of hydrogen-bond donors (Lipinski definition) is 1. The first-order chi connectivity index (χ1) is 9.51. The highest BCUT2D eigenvalue weighted by atomic mass is 19.1. The van der Waals surface area contributed by atoms with Crippen molar-refractivity contribution < 1.29 is 9.13 Å². The lowest BCUT2D eigenvalue weighted by Gasteiger charge is -2.40. The summed E-state index contributed by atoms with van der Waals surface area (Å²) in [5.41, 5.74) is 0.658. The lowest BCUT2D eigenvalue weighted by molar-refractivity contribution is 0.0481. The van der Waals surface area contributed by atoms with Crippen LogP contribution in [0.3, 0.4) is 0 Å². The molecule has 0 saturated heterocycles. The molecule has 2 nitrogen and oxygen atoms in total. The predicted octanol–water partition coefficient (Wildman–Crippen LogP) is 3.93. The van der Waals surface area contributed by atoms with E-state index in [9.17, 15) is 4.39 Å². The van der Waals surface area contributed by atoms with Crippen LogP contribution in [0.15, 0.2) is 18.2 Å². The van der Waals surface area contributed by atoms with Gasteiger partial charge >= 0.3 is 0 Å². The van der Waals surface area contributed by atoms with Crippen LogP contribution in [0.1, 0.15) is 39.2 Å². The van der Waals surface area contributed by atoms with Gasteiger partial charge in [0.25, 0.3) is 0 Å². The Balaban J connectivity index is 2.13. The van der Waals surface area contributed by atoms with Gasteiger partial charge in [0.05, 0.1) is 0 Å². The van der Waals surface area contributed by atoms with Crippen LogP contribution in [0, 0.1) is 24.6 Å². The smallest absolute Gasteiger partial charge is 0.129 e. The van der Waals surface area contributed by atoms with E-state index >= 15 is 0 Å². The molecule has 0 aromatic heterocycles. The normalized spacial score (nSPS) is 30.2. The predicted molar refractivity (Wildman–Crippen MR) is 80.6 cm³/mol. The van der Waals surface area contributed by atoms with Gasteiger partial charge in [0.1, 0.15) is 17.7 Å². The number of hydrogen-bond acceptors (Lipinski definition) is 2. The highest BCUT2D eigenvalue weighted by molar-refractivity contribution is 5.28. The monoisotopic (exact) mass is 279 g/mol. The van der Waals surface area contributed by atoms with Crippen molar-refractivity contribution in [3.8, 4) is 5.75 Å². The second-order valence-corrected chi connectivity index (χ2v) is 6.21. The summed E-state index contributed by atoms with van der Waals surface area (Å²) in [4.78, 5) is 0. The maximum absolute atomic E-state index is 13.6. The van der Waals surface area contributed by atoms with E-state index in [2.05, 4.69) is 26.1 Å². The van der Waals surface area contributed by atoms with Crippen molar-refractivity contribution in [2.24, 2.45) is 11.8 Å². The SMILES string of the molecule is CCNC1CC(C)CC(C)C1Oc1ccc(C)c(F)c1. The summed E-state index contributed by atoms with van der Waals surface area (Å²) in [6.07, 6.45) is 2.41. The Morgan fingerprint density at radius 1 is 1.30 bits per heavy atom. The third kappa shape index (κ3) is 3.51. The number of aryl methyl sites for hydroxylation is 1. The number of rotatable bonds is 4. The fourth-order valence-corrected chi connectivity index (χ4v) is 3.29. The van der Waals surface area contributed by atoms with Crippen molar-refractivity contribution in [3.05, 3.63) is 29.6 Å². The van der Waals surface area contributed by atoms with Crippen LogP contribution in [0.4, 0.5) is 4.39 Å². The first-order valence-corrected chi connectivity index (χ1v) is 7.67. The van der Waals surface area contributed by atoms with Crippen LogP contribution < -0.4 is 10.1 Å². The molecule has 4 atom stereocenters. The molecule has 1 saturated carbocycles. The fourth-order valence-electron chi connectivity index (χ4n) is 3.29. The molecule has 0 heterocycles. The lowest BCUT2D eigenvalue weighted by atomic mass is 9.78. The van der Waals surface area contributed by atoms with Gasteiger partial charge < -0.3 is 10.1 Å². The molecule has 3 heteroatoms. The number of likely N-dealkylation sites (N-methyl/N-ethyl adjacent to an activating group) is 1. The van der Waals surface area contributed by atoms with Crippen molar-refractivity contribution in [2.45, 2.75) is 52.7 Å². The number of halogens is 1. The molecule has 1 fully saturated rings. The average molecular weight is 279 g/mol. The first kappa shape index (κ1) is 15.3. The Hall–Kier alpha value is -1.09. The van der Waals surface area contributed by atoms with Crippen molar-refractivity contribution in [1.82, 2.24) is 5.32 Å². The largest absolute Gasteiger partial charge is 0.488 e. The third-order valence-electron chi connectivity index (χ3n) is 4.27. The van der Waals surface area contributed by atoms with Crippen LogP contribution in [0.25, 0.3) is 0 Å². The van der Waals surface area contributed by atoms with Gasteiger partial charge in [-0.1, -0.05) is 26.8 Å². The van der Waals surface area contributed by atoms with E-state index in [0.29, 0.717) is 29.2 Å². The van der Waals surface area contributed by atoms with Gasteiger partial charge in [-0.05, 0) is 49.8 Å². The molecule has 1 aromatic carbocycles. The maximum Gasteiger partial charge on any atom is 0.129 e. The number of ether oxygens (including phenoxy) is 1. The van der Waals surface area contributed by atoms with Gasteiger partial charge in [-0.15, -0.1) is 0 Å². The van der Waals surface area contributed by atoms with Crippen LogP contribution in [-0.2, 0) is 0 Å². The molecule has 20 heavy (non-hydrogen) atoms. The van der Waals surface area contributed by atoms with Crippen LogP contribution in [0.5, 0.6) is 5.75 Å². The van der Waals surface area contributed by atoms with Crippen molar-refractivity contribution in [2.75, 3.05) is 6.54 Å². The molecule has 0 spiro atoms. The summed E-state index contributed by atoms with van der Waals surface area (Å²) < 4.78 is 19.8. The fraction of sp³-hybridized carbons (Fsp3) is 0.647. The Kier molecular flexibility index (Phi) is 5.03. The second kappa shape index (κ2) is 6.57. The molecule has 0 amide bonds. The van der Waals surface area contributed by atoms with Crippen LogP contribution >= 0.6 is 0 Å². The van der Waals surface area contributed by atoms with Gasteiger partial charge in [-0.25, -0.2) is 4.39 Å². The Labute approximate surface area is 121 Å². The second-order valence-electron chi connectivity index (χ2n) is 6.21. The minimum Gasteiger partial charge on any atom is -0.488 e. The van der Waals surface area contributed by atoms with Gasteiger partial charge in [0.2, 0.25) is 0 Å². The molecule has 1 N–H and O–H groups in total. The van der Waals surface area contributed by atoms with Crippen LogP contribution in [0.2, 0.25) is 0 Å². The van der Waals surface area contributed by atoms with E-state index in [-0.39, 0.29) is 11.9 Å². The highest BCUT2D eigenvalue weighted by Gasteiger charge is 2.35. The summed E-state index contributed by atoms with van der Waals surface area (Å²) >= 11 is 0. The van der Waals surface area contributed by atoms with E-state index in [1.807, 2.05) is 6.07 Å². The highest BCUT2D eigenvalue weighted by Crippen LogP contribution is 2.32. The van der Waals surface area contributed by atoms with Gasteiger partial charge in [-0.3, -0.25) is 0 Å². The Bertz CT molecular complexity index is 449. The minimum absolute atomic E-state index is 0.119. The minimum atomic E-state index is -0.195. The van der Waals surface area contributed by atoms with E-state index < -0.39 is 0 Å². The topological polar surface area (TPSA) is 21.3 Å². The lowest BCUT2D eigenvalue weighted by Crippen LogP contribution is -2.50. The third-order valence-corrected chi connectivity index (χ3v) is 4.27. The Morgan fingerprint density at radius 3 is 2.70 bits per heavy atom. The van der Waals surface area contributed by atoms with Crippen molar-refractivity contribution in [1.29, 1.82) is 0 Å². The summed E-state index contributed by atoms with van der Waals surface area (Å²) in [5.74, 6) is 1.64. The molecular formula is C17H26FNO. The number of nitrogens with one attached hydrogen (secondary N) is 1. The molecule has 2 rings (SSSR count). The average Bonchev–Trinajstić information content (AvgIpc) is 2.38. The summed E-state index contributed by atoms with van der Waals surface area (Å²) in [7, 11) is 0. The van der Waals surface area contributed by atoms with Gasteiger partial charge in [0.15, 0.2) is 0 Å². The van der Waals surface area contributed by atoms with Crippen molar-refractivity contribution >= 4 is 0 Å². The molecule has 112 valence electrons. The zero-order valence-corrected chi connectivity index (χ0v) is 12.9. The van der Waals surface area contributed by atoms with Crippen molar-refractivity contribution in [3.63, 3.8) is 0 Å². The zero-order chi connectivity index (χ0) is 14.7. The first-order valence-electron chi connectivity index (χ1n) is 7.67. The molecule has 0 radical (unpaired) electrons. The van der Waals surface area contributed by atoms with Crippen LogP contribution in [-0.4, -0.2) is 18.7 Å². The summed E-state index contributed by atoms with van der Waals surface area (Å²) in [5, 5.41) is 3.52. The maximum atomic E-state index is 13.6. The van der Waals surface area contributed by atoms with Gasteiger partial charge in [0, 0.05) is 12.1 Å². The summed E-state index contributed by atoms with van der Waals surface area (Å²) in [6, 6.07) is 5.50. The van der Waals surface area contributed by atoms with E-state index in [4.69, 9.17) is 4.74 Å². The molecule has 0 aliphatic heterocycles. The number of benzene rings is 1. The van der Waals surface area contributed by atoms with E-state index in [0.717, 1.165) is 13.0 Å². The quantitative estimate of drug-likeness (QED) is 0.902. The van der Waals surface area contributed by atoms with Gasteiger partial charge in [-0.2, -0.15) is 0 Å². The standard InChI is InChI=1S/C17H26FNO/c1-5-19-16-9-11(2)8-13(4)17(16)20-14-7-6-12(3)15(18)10-14/h6-7,10-11,13,16-17,19H,5,8-9H2,1-4H3. The molecule has 0 bridgehead atoms. The Morgan fingerprint density at radius 2 is 2.05 bits per heavy atom.